The number of aromatic nitrogens is 1. The lowest BCUT2D eigenvalue weighted by Gasteiger charge is -2.09. The van der Waals surface area contributed by atoms with Gasteiger partial charge in [-0.25, -0.2) is 0 Å². The number of halogens is 1. The molecule has 0 unspecified atom stereocenters. The van der Waals surface area contributed by atoms with Gasteiger partial charge in [-0.2, -0.15) is 0 Å². The molecule has 5 heteroatoms. The van der Waals surface area contributed by atoms with Gasteiger partial charge in [0.1, 0.15) is 0 Å². The lowest BCUT2D eigenvalue weighted by molar-refractivity contribution is 0.0950. The van der Waals surface area contributed by atoms with Crippen LogP contribution in [0.2, 0.25) is 0 Å². The van der Waals surface area contributed by atoms with Crippen molar-refractivity contribution in [3.8, 4) is 0 Å². The summed E-state index contributed by atoms with van der Waals surface area (Å²) in [6.45, 7) is 2.48. The summed E-state index contributed by atoms with van der Waals surface area (Å²) in [6, 6.07) is 9.07. The summed E-state index contributed by atoms with van der Waals surface area (Å²) in [4.78, 5) is 16.4. The number of aryl methyl sites for hydroxylation is 1. The molecule has 0 bridgehead atoms. The Labute approximate surface area is 126 Å². The van der Waals surface area contributed by atoms with Crippen LogP contribution in [0.25, 0.3) is 0 Å². The molecule has 0 fully saturated rings. The zero-order valence-electron chi connectivity index (χ0n) is 11.2. The van der Waals surface area contributed by atoms with E-state index in [1.807, 2.05) is 12.1 Å². The van der Waals surface area contributed by atoms with Crippen LogP contribution in [0.4, 0.5) is 5.69 Å². The summed E-state index contributed by atoms with van der Waals surface area (Å²) in [5.74, 6) is -0.161. The number of rotatable bonds is 4. The summed E-state index contributed by atoms with van der Waals surface area (Å²) in [6.07, 6.45) is 2.63. The molecule has 0 saturated heterocycles. The van der Waals surface area contributed by atoms with E-state index in [1.165, 1.54) is 0 Å². The molecular formula is C15H16BrN3O. The van der Waals surface area contributed by atoms with E-state index < -0.39 is 0 Å². The number of nitrogens with one attached hydrogen (secondary N) is 1. The number of nitrogens with two attached hydrogens (primary N) is 1. The maximum atomic E-state index is 12.1. The van der Waals surface area contributed by atoms with Crippen molar-refractivity contribution in [2.45, 2.75) is 19.9 Å². The van der Waals surface area contributed by atoms with E-state index in [1.54, 1.807) is 24.4 Å². The Morgan fingerprint density at radius 3 is 2.90 bits per heavy atom. The number of benzene rings is 1. The average molecular weight is 334 g/mol. The van der Waals surface area contributed by atoms with Crippen molar-refractivity contribution < 1.29 is 4.79 Å². The Kier molecular flexibility index (Phi) is 4.74. The van der Waals surface area contributed by atoms with Gasteiger partial charge >= 0.3 is 0 Å². The van der Waals surface area contributed by atoms with Crippen LogP contribution in [0.3, 0.4) is 0 Å². The highest BCUT2D eigenvalue weighted by Gasteiger charge is 2.09. The topological polar surface area (TPSA) is 68.0 Å². The molecule has 1 aromatic heterocycles. The first kappa shape index (κ1) is 14.5. The highest BCUT2D eigenvalue weighted by atomic mass is 79.9. The van der Waals surface area contributed by atoms with Crippen LogP contribution < -0.4 is 11.1 Å². The summed E-state index contributed by atoms with van der Waals surface area (Å²) < 4.78 is 0.787. The van der Waals surface area contributed by atoms with Crippen LogP contribution in [-0.2, 0) is 13.0 Å². The highest BCUT2D eigenvalue weighted by Crippen LogP contribution is 2.17. The van der Waals surface area contributed by atoms with Crippen molar-refractivity contribution in [2.24, 2.45) is 0 Å². The van der Waals surface area contributed by atoms with Gasteiger partial charge in [-0.3, -0.25) is 9.78 Å². The number of anilines is 1. The minimum absolute atomic E-state index is 0.161. The molecule has 3 N–H and O–H groups in total. The van der Waals surface area contributed by atoms with Crippen LogP contribution in [0.1, 0.15) is 28.5 Å². The first-order chi connectivity index (χ1) is 9.60. The molecule has 0 atom stereocenters. The van der Waals surface area contributed by atoms with E-state index in [9.17, 15) is 4.79 Å². The number of carbonyl (C=O) groups is 1. The Morgan fingerprint density at radius 1 is 1.40 bits per heavy atom. The van der Waals surface area contributed by atoms with Crippen LogP contribution >= 0.6 is 15.9 Å². The standard InChI is InChI=1S/C15H16BrN3O/c1-2-10-4-3-5-18-14(10)9-19-15(20)11-6-12(16)8-13(17)7-11/h3-8H,2,9,17H2,1H3,(H,19,20). The fraction of sp³-hybridized carbons (Fsp3) is 0.200. The number of nitrogens with zero attached hydrogens (tertiary/aromatic N) is 1. The first-order valence-electron chi connectivity index (χ1n) is 6.37. The van der Waals surface area contributed by atoms with Crippen molar-refractivity contribution in [1.82, 2.24) is 10.3 Å². The maximum absolute atomic E-state index is 12.1. The molecule has 0 saturated carbocycles. The molecule has 2 rings (SSSR count). The second-order valence-electron chi connectivity index (χ2n) is 4.42. The van der Waals surface area contributed by atoms with E-state index in [-0.39, 0.29) is 5.91 Å². The normalized spacial score (nSPS) is 10.3. The second kappa shape index (κ2) is 6.52. The SMILES string of the molecule is CCc1cccnc1CNC(=O)c1cc(N)cc(Br)c1. The van der Waals surface area contributed by atoms with Gasteiger partial charge in [0.15, 0.2) is 0 Å². The van der Waals surface area contributed by atoms with Gasteiger partial charge in [-0.05, 0) is 36.2 Å². The Morgan fingerprint density at radius 2 is 2.20 bits per heavy atom. The van der Waals surface area contributed by atoms with Crippen LogP contribution in [-0.4, -0.2) is 10.9 Å². The summed E-state index contributed by atoms with van der Waals surface area (Å²) in [5, 5.41) is 2.87. The van der Waals surface area contributed by atoms with Gasteiger partial charge in [0.25, 0.3) is 5.91 Å². The smallest absolute Gasteiger partial charge is 0.251 e. The third-order valence-electron chi connectivity index (χ3n) is 2.96. The number of hydrogen-bond donors (Lipinski definition) is 2. The molecule has 0 spiro atoms. The minimum Gasteiger partial charge on any atom is -0.399 e. The van der Waals surface area contributed by atoms with E-state index in [2.05, 4.69) is 33.2 Å². The van der Waals surface area contributed by atoms with E-state index >= 15 is 0 Å². The summed E-state index contributed by atoms with van der Waals surface area (Å²) in [7, 11) is 0. The number of hydrogen-bond acceptors (Lipinski definition) is 3. The van der Waals surface area contributed by atoms with Crippen LogP contribution in [0, 0.1) is 0 Å². The van der Waals surface area contributed by atoms with Crippen LogP contribution in [0.5, 0.6) is 0 Å². The number of carbonyl (C=O) groups excluding carboxylic acids is 1. The van der Waals surface area contributed by atoms with E-state index in [4.69, 9.17) is 5.73 Å². The van der Waals surface area contributed by atoms with Gasteiger partial charge in [-0.1, -0.05) is 28.9 Å². The predicted octanol–water partition coefficient (Wildman–Crippen LogP) is 2.92. The van der Waals surface area contributed by atoms with Gasteiger partial charge < -0.3 is 11.1 Å². The molecule has 1 amide bonds. The maximum Gasteiger partial charge on any atom is 0.251 e. The molecule has 104 valence electrons. The number of nitrogen functional groups attached to an aromatic ring is 1. The zero-order chi connectivity index (χ0) is 14.5. The molecule has 1 aromatic carbocycles. The first-order valence-corrected chi connectivity index (χ1v) is 7.16. The van der Waals surface area contributed by atoms with Crippen molar-refractivity contribution in [1.29, 1.82) is 0 Å². The van der Waals surface area contributed by atoms with Gasteiger partial charge in [0.05, 0.1) is 12.2 Å². The number of amides is 1. The largest absolute Gasteiger partial charge is 0.399 e. The molecular weight excluding hydrogens is 318 g/mol. The molecule has 0 aliphatic carbocycles. The quantitative estimate of drug-likeness (QED) is 0.845. The Balaban J connectivity index is 2.08. The predicted molar refractivity (Wildman–Crippen MR) is 83.3 cm³/mol. The van der Waals surface area contributed by atoms with Gasteiger partial charge in [0, 0.05) is 21.9 Å². The lowest BCUT2D eigenvalue weighted by Crippen LogP contribution is -2.24. The minimum atomic E-state index is -0.161. The molecule has 0 radical (unpaired) electrons. The number of pyridine rings is 1. The Hall–Kier alpha value is -1.88. The fourth-order valence-corrected chi connectivity index (χ4v) is 2.47. The molecule has 1 heterocycles. The average Bonchev–Trinajstić information content (AvgIpc) is 2.44. The molecule has 4 nitrogen and oxygen atoms in total. The third kappa shape index (κ3) is 3.57. The van der Waals surface area contributed by atoms with Crippen molar-refractivity contribution in [3.63, 3.8) is 0 Å². The molecule has 0 aliphatic heterocycles. The molecule has 2 aromatic rings. The van der Waals surface area contributed by atoms with E-state index in [0.29, 0.717) is 17.8 Å². The molecule has 20 heavy (non-hydrogen) atoms. The highest BCUT2D eigenvalue weighted by molar-refractivity contribution is 9.10. The second-order valence-corrected chi connectivity index (χ2v) is 5.33. The lowest BCUT2D eigenvalue weighted by atomic mass is 10.1. The fourth-order valence-electron chi connectivity index (χ4n) is 1.96. The third-order valence-corrected chi connectivity index (χ3v) is 3.42. The van der Waals surface area contributed by atoms with Gasteiger partial charge in [0.2, 0.25) is 0 Å². The zero-order valence-corrected chi connectivity index (χ0v) is 12.8. The van der Waals surface area contributed by atoms with Crippen LogP contribution in [0.15, 0.2) is 41.0 Å². The van der Waals surface area contributed by atoms with E-state index in [0.717, 1.165) is 22.2 Å². The van der Waals surface area contributed by atoms with Crippen molar-refractivity contribution in [3.05, 3.63) is 57.8 Å². The van der Waals surface area contributed by atoms with Crippen molar-refractivity contribution >= 4 is 27.5 Å². The summed E-state index contributed by atoms with van der Waals surface area (Å²) >= 11 is 3.33. The Bertz CT molecular complexity index is 608. The van der Waals surface area contributed by atoms with Gasteiger partial charge in [-0.15, -0.1) is 0 Å². The summed E-state index contributed by atoms with van der Waals surface area (Å²) in [5.41, 5.74) is 8.85. The van der Waals surface area contributed by atoms with Crippen molar-refractivity contribution in [2.75, 3.05) is 5.73 Å². The molecule has 0 aliphatic rings. The monoisotopic (exact) mass is 333 g/mol.